The van der Waals surface area contributed by atoms with Crippen LogP contribution in [0.1, 0.15) is 65.1 Å². The number of nitrogens with one attached hydrogen (secondary N) is 1. The maximum Gasteiger partial charge on any atom is 0.335 e. The molecule has 1 aliphatic rings. The Bertz CT molecular complexity index is 1290. The third-order valence-corrected chi connectivity index (χ3v) is 7.56. The average Bonchev–Trinajstić information content (AvgIpc) is 2.96. The summed E-state index contributed by atoms with van der Waals surface area (Å²) in [6.07, 6.45) is -0.125. The van der Waals surface area contributed by atoms with Crippen LogP contribution in [0.25, 0.3) is 0 Å². The molecule has 3 atom stereocenters. The van der Waals surface area contributed by atoms with E-state index in [1.807, 2.05) is 36.4 Å². The maximum absolute atomic E-state index is 12.1. The van der Waals surface area contributed by atoms with Gasteiger partial charge in [-0.05, 0) is 53.9 Å². The van der Waals surface area contributed by atoms with Gasteiger partial charge in [0.1, 0.15) is 0 Å². The molecule has 1 aliphatic heterocycles. The predicted octanol–water partition coefficient (Wildman–Crippen LogP) is 5.41. The Hall–Kier alpha value is -3.70. The van der Waals surface area contributed by atoms with Crippen LogP contribution in [0.4, 0.5) is 5.69 Å². The first-order valence-corrected chi connectivity index (χ1v) is 13.9. The largest absolute Gasteiger partial charge is 0.481 e. The standard InChI is InChI=1S/C30H31NO8S/c32-17-19-4-6-20(7-5-19)26-16-24(18-40-25-14-10-21(11-15-25)29(36)37)38-30(39-26)22-8-12-23(13-9-22)31-27(33)2-1-3-28(34)35/h4-15,24,26,30,32H,1-3,16-18H2,(H,31,33)(H,34,35)(H,36,37)/t24-,26+,30+/m0/s1. The highest BCUT2D eigenvalue weighted by Crippen LogP contribution is 2.39. The summed E-state index contributed by atoms with van der Waals surface area (Å²) in [5.41, 5.74) is 3.38. The number of anilines is 1. The van der Waals surface area contributed by atoms with Crippen molar-refractivity contribution in [3.8, 4) is 0 Å². The molecule has 0 saturated carbocycles. The summed E-state index contributed by atoms with van der Waals surface area (Å²) >= 11 is 1.57. The summed E-state index contributed by atoms with van der Waals surface area (Å²) in [6.45, 7) is -0.0417. The summed E-state index contributed by atoms with van der Waals surface area (Å²) in [5.74, 6) is -1.52. The molecule has 9 nitrogen and oxygen atoms in total. The van der Waals surface area contributed by atoms with Crippen LogP contribution in [0.3, 0.4) is 0 Å². The third-order valence-electron chi connectivity index (χ3n) is 6.41. The molecular formula is C30H31NO8S. The van der Waals surface area contributed by atoms with Crippen molar-refractivity contribution in [2.75, 3.05) is 11.1 Å². The minimum absolute atomic E-state index is 0.0417. The number of aliphatic carboxylic acids is 1. The molecule has 1 amide bonds. The zero-order valence-electron chi connectivity index (χ0n) is 21.7. The topological polar surface area (TPSA) is 142 Å². The van der Waals surface area contributed by atoms with E-state index in [1.165, 1.54) is 0 Å². The Labute approximate surface area is 236 Å². The lowest BCUT2D eigenvalue weighted by Crippen LogP contribution is -2.31. The van der Waals surface area contributed by atoms with Crippen molar-refractivity contribution < 1.29 is 39.2 Å². The Morgan fingerprint density at radius 1 is 0.850 bits per heavy atom. The molecule has 1 saturated heterocycles. The minimum Gasteiger partial charge on any atom is -0.481 e. The van der Waals surface area contributed by atoms with E-state index in [0.717, 1.165) is 21.6 Å². The lowest BCUT2D eigenvalue weighted by atomic mass is 10.0. The van der Waals surface area contributed by atoms with Gasteiger partial charge < -0.3 is 30.1 Å². The first-order chi connectivity index (χ1) is 19.3. The number of thioether (sulfide) groups is 1. The Kier molecular flexibility index (Phi) is 10.3. The monoisotopic (exact) mass is 565 g/mol. The summed E-state index contributed by atoms with van der Waals surface area (Å²) < 4.78 is 12.7. The lowest BCUT2D eigenvalue weighted by molar-refractivity contribution is -0.245. The number of aliphatic hydroxyl groups excluding tert-OH is 1. The van der Waals surface area contributed by atoms with Crippen LogP contribution in [-0.4, -0.2) is 45.0 Å². The number of carboxylic acids is 2. The second-order valence-electron chi connectivity index (χ2n) is 9.41. The van der Waals surface area contributed by atoms with Gasteiger partial charge in [-0.3, -0.25) is 9.59 Å². The molecule has 0 bridgehead atoms. The van der Waals surface area contributed by atoms with Crippen LogP contribution in [0.2, 0.25) is 0 Å². The van der Waals surface area contributed by atoms with Crippen molar-refractivity contribution in [2.45, 2.75) is 55.7 Å². The fraction of sp³-hybridized carbons (Fsp3) is 0.300. The normalized spacial score (nSPS) is 18.7. The predicted molar refractivity (Wildman–Crippen MR) is 149 cm³/mol. The highest BCUT2D eigenvalue weighted by atomic mass is 32.2. The minimum atomic E-state index is -0.967. The van der Waals surface area contributed by atoms with Crippen LogP contribution >= 0.6 is 11.8 Å². The van der Waals surface area contributed by atoms with Gasteiger partial charge in [-0.1, -0.05) is 36.4 Å². The number of amides is 1. The quantitative estimate of drug-likeness (QED) is 0.212. The fourth-order valence-electron chi connectivity index (χ4n) is 4.25. The van der Waals surface area contributed by atoms with Crippen molar-refractivity contribution in [3.05, 3.63) is 95.1 Å². The number of ether oxygens (including phenoxy) is 2. The highest BCUT2D eigenvalue weighted by Gasteiger charge is 2.32. The van der Waals surface area contributed by atoms with Crippen molar-refractivity contribution in [2.24, 2.45) is 0 Å². The van der Waals surface area contributed by atoms with E-state index in [1.54, 1.807) is 48.2 Å². The van der Waals surface area contributed by atoms with Crippen LogP contribution in [0, 0.1) is 0 Å². The fourth-order valence-corrected chi connectivity index (χ4v) is 5.17. The first-order valence-electron chi connectivity index (χ1n) is 12.9. The van der Waals surface area contributed by atoms with Gasteiger partial charge in [0.2, 0.25) is 5.91 Å². The summed E-state index contributed by atoms with van der Waals surface area (Å²) in [6, 6.07) is 21.5. The Morgan fingerprint density at radius 3 is 2.15 bits per heavy atom. The van der Waals surface area contributed by atoms with Gasteiger partial charge in [0.05, 0.1) is 24.4 Å². The molecule has 0 spiro atoms. The van der Waals surface area contributed by atoms with E-state index in [4.69, 9.17) is 19.7 Å². The number of hydrogen-bond donors (Lipinski definition) is 4. The van der Waals surface area contributed by atoms with Crippen molar-refractivity contribution in [1.82, 2.24) is 0 Å². The van der Waals surface area contributed by atoms with Gasteiger partial charge >= 0.3 is 11.9 Å². The lowest BCUT2D eigenvalue weighted by Gasteiger charge is -2.36. The van der Waals surface area contributed by atoms with E-state index in [-0.39, 0.29) is 49.5 Å². The number of hydrogen-bond acceptors (Lipinski definition) is 7. The molecule has 1 fully saturated rings. The second-order valence-corrected chi connectivity index (χ2v) is 10.5. The molecule has 0 aromatic heterocycles. The summed E-state index contributed by atoms with van der Waals surface area (Å²) in [7, 11) is 0. The highest BCUT2D eigenvalue weighted by molar-refractivity contribution is 7.99. The molecule has 3 aromatic rings. The van der Waals surface area contributed by atoms with Gasteiger partial charge in [0.15, 0.2) is 6.29 Å². The molecular weight excluding hydrogens is 534 g/mol. The van der Waals surface area contributed by atoms with Crippen LogP contribution in [-0.2, 0) is 25.7 Å². The smallest absolute Gasteiger partial charge is 0.335 e. The number of aromatic carboxylic acids is 1. The van der Waals surface area contributed by atoms with Gasteiger partial charge in [-0.15, -0.1) is 11.8 Å². The van der Waals surface area contributed by atoms with E-state index in [9.17, 15) is 19.5 Å². The number of aliphatic hydroxyl groups is 1. The van der Waals surface area contributed by atoms with Crippen LogP contribution < -0.4 is 5.32 Å². The molecule has 210 valence electrons. The molecule has 1 heterocycles. The molecule has 4 N–H and O–H groups in total. The molecule has 0 unspecified atom stereocenters. The van der Waals surface area contributed by atoms with Gasteiger partial charge in [-0.2, -0.15) is 0 Å². The van der Waals surface area contributed by atoms with Gasteiger partial charge in [0.25, 0.3) is 0 Å². The number of benzene rings is 3. The first kappa shape index (κ1) is 29.3. The molecule has 40 heavy (non-hydrogen) atoms. The second kappa shape index (κ2) is 14.1. The van der Waals surface area contributed by atoms with E-state index >= 15 is 0 Å². The van der Waals surface area contributed by atoms with Crippen LogP contribution in [0.15, 0.2) is 77.7 Å². The summed E-state index contributed by atoms with van der Waals surface area (Å²) in [5, 5.41) is 30.1. The molecule has 0 radical (unpaired) electrons. The number of carbonyl (C=O) groups excluding carboxylic acids is 1. The molecule has 0 aliphatic carbocycles. The van der Waals surface area contributed by atoms with Crippen LogP contribution in [0.5, 0.6) is 0 Å². The van der Waals surface area contributed by atoms with Gasteiger partial charge in [-0.25, -0.2) is 4.79 Å². The maximum atomic E-state index is 12.1. The van der Waals surface area contributed by atoms with Crippen molar-refractivity contribution in [1.29, 1.82) is 0 Å². The molecule has 3 aromatic carbocycles. The zero-order chi connectivity index (χ0) is 28.5. The average molecular weight is 566 g/mol. The van der Waals surface area contributed by atoms with Crippen molar-refractivity contribution in [3.63, 3.8) is 0 Å². The van der Waals surface area contributed by atoms with E-state index in [2.05, 4.69) is 5.32 Å². The SMILES string of the molecule is O=C(O)CCCC(=O)Nc1ccc([C@@H]2O[C@H](CSc3ccc(C(=O)O)cc3)C[C@H](c3ccc(CO)cc3)O2)cc1. The third kappa shape index (κ3) is 8.40. The number of carbonyl (C=O) groups is 3. The van der Waals surface area contributed by atoms with E-state index < -0.39 is 18.2 Å². The Balaban J connectivity index is 1.44. The zero-order valence-corrected chi connectivity index (χ0v) is 22.5. The Morgan fingerprint density at radius 2 is 1.52 bits per heavy atom. The molecule has 10 heteroatoms. The van der Waals surface area contributed by atoms with Crippen molar-refractivity contribution >= 4 is 35.3 Å². The molecule has 4 rings (SSSR count). The number of carboxylic acid groups (broad SMARTS) is 2. The summed E-state index contributed by atoms with van der Waals surface area (Å²) in [4.78, 5) is 34.8. The van der Waals surface area contributed by atoms with Gasteiger partial charge in [0, 0.05) is 41.2 Å². The van der Waals surface area contributed by atoms with E-state index in [0.29, 0.717) is 17.9 Å². The number of rotatable bonds is 12.